The molecule has 5 heteroatoms. The molecular weight excluding hydrogens is 216 g/mol. The fourth-order valence-corrected chi connectivity index (χ4v) is 1.75. The number of aromatic nitrogens is 3. The van der Waals surface area contributed by atoms with Crippen LogP contribution in [0, 0.1) is 17.2 Å². The summed E-state index contributed by atoms with van der Waals surface area (Å²) in [5, 5.41) is 13.0. The summed E-state index contributed by atoms with van der Waals surface area (Å²) in [6.45, 7) is 1.95. The molecule has 0 radical (unpaired) electrons. The number of nitriles is 1. The van der Waals surface area contributed by atoms with Gasteiger partial charge in [0.1, 0.15) is 5.92 Å². The fraction of sp³-hybridized carbons (Fsp3) is 0.333. The van der Waals surface area contributed by atoms with Crippen LogP contribution in [0.4, 0.5) is 0 Å². The van der Waals surface area contributed by atoms with E-state index >= 15 is 0 Å². The van der Waals surface area contributed by atoms with Gasteiger partial charge in [0.05, 0.1) is 29.5 Å². The third kappa shape index (κ3) is 2.02. The van der Waals surface area contributed by atoms with E-state index in [9.17, 15) is 4.79 Å². The number of Topliss-reactive ketones (excluding diaryl/α,β-unsaturated/α-hetero) is 1. The smallest absolute Gasteiger partial charge is 0.183 e. The van der Waals surface area contributed by atoms with Crippen molar-refractivity contribution in [2.45, 2.75) is 19.8 Å². The molecule has 0 aliphatic carbocycles. The van der Waals surface area contributed by atoms with E-state index in [0.717, 1.165) is 6.42 Å². The number of carbonyl (C=O) groups is 1. The zero-order chi connectivity index (χ0) is 12.3. The number of ketones is 1. The SMILES string of the molecule is CCCC(C#N)C(=O)c1cnn2ccncc12. The van der Waals surface area contributed by atoms with Crippen LogP contribution in [0.1, 0.15) is 30.1 Å². The number of rotatable bonds is 4. The Morgan fingerprint density at radius 3 is 3.12 bits per heavy atom. The van der Waals surface area contributed by atoms with Crippen molar-refractivity contribution in [3.63, 3.8) is 0 Å². The molecule has 0 amide bonds. The first-order valence-electron chi connectivity index (χ1n) is 5.49. The predicted molar refractivity (Wildman–Crippen MR) is 61.3 cm³/mol. The van der Waals surface area contributed by atoms with Gasteiger partial charge in [-0.3, -0.25) is 9.78 Å². The lowest BCUT2D eigenvalue weighted by Gasteiger charge is -2.04. The Kier molecular flexibility index (Phi) is 3.15. The number of carbonyl (C=O) groups excluding carboxylic acids is 1. The van der Waals surface area contributed by atoms with Gasteiger partial charge in [0.2, 0.25) is 0 Å². The molecule has 0 spiro atoms. The first-order chi connectivity index (χ1) is 8.27. The summed E-state index contributed by atoms with van der Waals surface area (Å²) >= 11 is 0. The molecule has 2 heterocycles. The molecule has 17 heavy (non-hydrogen) atoms. The van der Waals surface area contributed by atoms with E-state index in [0.29, 0.717) is 17.5 Å². The summed E-state index contributed by atoms with van der Waals surface area (Å²) in [4.78, 5) is 16.1. The van der Waals surface area contributed by atoms with Crippen LogP contribution in [-0.4, -0.2) is 20.4 Å². The third-order valence-corrected chi connectivity index (χ3v) is 2.64. The number of hydrogen-bond acceptors (Lipinski definition) is 4. The Balaban J connectivity index is 2.40. The molecule has 0 saturated heterocycles. The zero-order valence-corrected chi connectivity index (χ0v) is 9.50. The van der Waals surface area contributed by atoms with Crippen molar-refractivity contribution < 1.29 is 4.79 Å². The Morgan fingerprint density at radius 1 is 1.59 bits per heavy atom. The minimum Gasteiger partial charge on any atom is -0.293 e. The summed E-state index contributed by atoms with van der Waals surface area (Å²) in [6.07, 6.45) is 7.74. The van der Waals surface area contributed by atoms with E-state index < -0.39 is 5.92 Å². The van der Waals surface area contributed by atoms with Gasteiger partial charge < -0.3 is 0 Å². The number of nitrogens with zero attached hydrogens (tertiary/aromatic N) is 4. The van der Waals surface area contributed by atoms with E-state index in [1.807, 2.05) is 13.0 Å². The molecule has 2 rings (SSSR count). The molecule has 86 valence electrons. The van der Waals surface area contributed by atoms with Crippen LogP contribution in [0.2, 0.25) is 0 Å². The first-order valence-corrected chi connectivity index (χ1v) is 5.49. The molecule has 0 aliphatic heterocycles. The van der Waals surface area contributed by atoms with Crippen molar-refractivity contribution in [2.75, 3.05) is 0 Å². The summed E-state index contributed by atoms with van der Waals surface area (Å²) in [6, 6.07) is 2.05. The monoisotopic (exact) mass is 228 g/mol. The average molecular weight is 228 g/mol. The van der Waals surface area contributed by atoms with Crippen LogP contribution in [0.3, 0.4) is 0 Å². The highest BCUT2D eigenvalue weighted by atomic mass is 16.1. The van der Waals surface area contributed by atoms with Crippen molar-refractivity contribution in [1.29, 1.82) is 5.26 Å². The molecule has 0 aromatic carbocycles. The Labute approximate surface area is 98.7 Å². The van der Waals surface area contributed by atoms with Gasteiger partial charge in [-0.05, 0) is 6.42 Å². The second-order valence-electron chi connectivity index (χ2n) is 3.80. The van der Waals surface area contributed by atoms with E-state index in [-0.39, 0.29) is 5.78 Å². The second kappa shape index (κ2) is 4.74. The Morgan fingerprint density at radius 2 is 2.41 bits per heavy atom. The summed E-state index contributed by atoms with van der Waals surface area (Å²) in [5.74, 6) is -0.759. The third-order valence-electron chi connectivity index (χ3n) is 2.64. The predicted octanol–water partition coefficient (Wildman–Crippen LogP) is 1.85. The molecule has 0 bridgehead atoms. The standard InChI is InChI=1S/C12H12N4O/c1-2-3-9(6-13)12(17)10-7-15-16-5-4-14-8-11(10)16/h4-5,7-9H,2-3H2,1H3. The van der Waals surface area contributed by atoms with Gasteiger partial charge in [-0.15, -0.1) is 0 Å². The molecule has 5 nitrogen and oxygen atoms in total. The van der Waals surface area contributed by atoms with E-state index in [1.54, 1.807) is 23.1 Å². The summed E-state index contributed by atoms with van der Waals surface area (Å²) in [7, 11) is 0. The minimum atomic E-state index is -0.590. The Hall–Kier alpha value is -2.22. The molecule has 1 unspecified atom stereocenters. The first kappa shape index (κ1) is 11.3. The van der Waals surface area contributed by atoms with Crippen molar-refractivity contribution >= 4 is 11.3 Å². The quantitative estimate of drug-likeness (QED) is 0.749. The van der Waals surface area contributed by atoms with Gasteiger partial charge in [-0.2, -0.15) is 10.4 Å². The maximum absolute atomic E-state index is 12.1. The molecule has 1 atom stereocenters. The largest absolute Gasteiger partial charge is 0.293 e. The lowest BCUT2D eigenvalue weighted by Crippen LogP contribution is -2.12. The van der Waals surface area contributed by atoms with Crippen LogP contribution in [0.25, 0.3) is 5.52 Å². The average Bonchev–Trinajstić information content (AvgIpc) is 2.79. The van der Waals surface area contributed by atoms with Crippen molar-refractivity contribution in [3.05, 3.63) is 30.4 Å². The normalized spacial score (nSPS) is 12.2. The number of fused-ring (bicyclic) bond motifs is 1. The maximum atomic E-state index is 12.1. The van der Waals surface area contributed by atoms with Crippen molar-refractivity contribution in [3.8, 4) is 6.07 Å². The van der Waals surface area contributed by atoms with E-state index in [1.165, 1.54) is 6.20 Å². The number of hydrogen-bond donors (Lipinski definition) is 0. The molecule has 2 aromatic rings. The second-order valence-corrected chi connectivity index (χ2v) is 3.80. The van der Waals surface area contributed by atoms with Gasteiger partial charge in [-0.25, -0.2) is 4.52 Å². The van der Waals surface area contributed by atoms with Crippen LogP contribution in [0.15, 0.2) is 24.8 Å². The van der Waals surface area contributed by atoms with Crippen molar-refractivity contribution in [2.24, 2.45) is 5.92 Å². The van der Waals surface area contributed by atoms with Gasteiger partial charge in [0.15, 0.2) is 5.78 Å². The van der Waals surface area contributed by atoms with E-state index in [2.05, 4.69) is 10.1 Å². The van der Waals surface area contributed by atoms with Crippen LogP contribution >= 0.6 is 0 Å². The molecule has 2 aromatic heterocycles. The lowest BCUT2D eigenvalue weighted by atomic mass is 9.96. The topological polar surface area (TPSA) is 71.0 Å². The van der Waals surface area contributed by atoms with Gasteiger partial charge in [0, 0.05) is 12.4 Å². The zero-order valence-electron chi connectivity index (χ0n) is 9.50. The summed E-state index contributed by atoms with van der Waals surface area (Å²) in [5.41, 5.74) is 1.12. The minimum absolute atomic E-state index is 0.169. The molecule has 0 fully saturated rings. The van der Waals surface area contributed by atoms with Crippen LogP contribution in [0.5, 0.6) is 0 Å². The highest BCUT2D eigenvalue weighted by Crippen LogP contribution is 2.17. The van der Waals surface area contributed by atoms with Crippen molar-refractivity contribution in [1.82, 2.24) is 14.6 Å². The maximum Gasteiger partial charge on any atom is 0.183 e. The molecule has 0 aliphatic rings. The van der Waals surface area contributed by atoms with E-state index in [4.69, 9.17) is 5.26 Å². The molecule has 0 N–H and O–H groups in total. The molecular formula is C12H12N4O. The molecule has 0 saturated carbocycles. The Bertz CT molecular complexity index is 581. The fourth-order valence-electron chi connectivity index (χ4n) is 1.75. The summed E-state index contributed by atoms with van der Waals surface area (Å²) < 4.78 is 1.58. The highest BCUT2D eigenvalue weighted by Gasteiger charge is 2.22. The van der Waals surface area contributed by atoms with Gasteiger partial charge >= 0.3 is 0 Å². The van der Waals surface area contributed by atoms with Crippen LogP contribution in [-0.2, 0) is 0 Å². The van der Waals surface area contributed by atoms with Crippen LogP contribution < -0.4 is 0 Å². The lowest BCUT2D eigenvalue weighted by molar-refractivity contribution is 0.0945. The highest BCUT2D eigenvalue weighted by molar-refractivity contribution is 6.04. The van der Waals surface area contributed by atoms with Gasteiger partial charge in [-0.1, -0.05) is 13.3 Å². The van der Waals surface area contributed by atoms with Gasteiger partial charge in [0.25, 0.3) is 0 Å².